The Morgan fingerprint density at radius 1 is 0.963 bits per heavy atom. The molecule has 0 bridgehead atoms. The Morgan fingerprint density at radius 2 is 1.70 bits per heavy atom. The van der Waals surface area contributed by atoms with E-state index in [4.69, 9.17) is 4.99 Å². The molecule has 27 heavy (non-hydrogen) atoms. The summed E-state index contributed by atoms with van der Waals surface area (Å²) in [6.45, 7) is 8.88. The second-order valence-electron chi connectivity index (χ2n) is 8.02. The van der Waals surface area contributed by atoms with Gasteiger partial charge in [0.15, 0.2) is 0 Å². The first kappa shape index (κ1) is 17.5. The SMILES string of the molecule is CC1=CC(C)(C)N(C)c2cc(C)c(C=Nc3cccc4ccccc34)cc21. The van der Waals surface area contributed by atoms with E-state index in [1.807, 2.05) is 6.21 Å². The van der Waals surface area contributed by atoms with E-state index in [0.717, 1.165) is 5.69 Å². The first-order chi connectivity index (χ1) is 12.9. The Balaban J connectivity index is 1.78. The second kappa shape index (κ2) is 6.38. The molecule has 3 aromatic rings. The Morgan fingerprint density at radius 3 is 2.52 bits per heavy atom. The standard InChI is InChI=1S/C25H26N2/c1-17-13-24-22(18(2)15-25(3,4)27(24)5)14-20(17)16-26-23-12-8-10-19-9-6-7-11-21(19)23/h6-16H,1-5H3. The summed E-state index contributed by atoms with van der Waals surface area (Å²) in [4.78, 5) is 7.18. The monoisotopic (exact) mass is 354 g/mol. The van der Waals surface area contributed by atoms with Crippen LogP contribution >= 0.6 is 0 Å². The van der Waals surface area contributed by atoms with Gasteiger partial charge in [-0.3, -0.25) is 4.99 Å². The summed E-state index contributed by atoms with van der Waals surface area (Å²) in [6, 6.07) is 19.2. The molecule has 0 unspecified atom stereocenters. The minimum atomic E-state index is 0.0298. The number of likely N-dealkylation sites (N-methyl/N-ethyl adjacent to an activating group) is 1. The number of allylic oxidation sites excluding steroid dienone is 1. The highest BCUT2D eigenvalue weighted by Crippen LogP contribution is 2.39. The minimum absolute atomic E-state index is 0.0298. The van der Waals surface area contributed by atoms with Gasteiger partial charge in [0.2, 0.25) is 0 Å². The number of aliphatic imine (C=N–C) groups is 1. The number of hydrogen-bond donors (Lipinski definition) is 0. The van der Waals surface area contributed by atoms with Crippen molar-refractivity contribution >= 4 is 33.9 Å². The first-order valence-corrected chi connectivity index (χ1v) is 9.47. The summed E-state index contributed by atoms with van der Waals surface area (Å²) < 4.78 is 0. The molecule has 1 aliphatic rings. The fraction of sp³-hybridized carbons (Fsp3) is 0.240. The molecule has 0 aromatic heterocycles. The lowest BCUT2D eigenvalue weighted by atomic mass is 9.87. The van der Waals surface area contributed by atoms with Crippen LogP contribution in [0.25, 0.3) is 16.3 Å². The average Bonchev–Trinajstić information content (AvgIpc) is 2.64. The second-order valence-corrected chi connectivity index (χ2v) is 8.02. The zero-order chi connectivity index (χ0) is 19.2. The molecule has 0 atom stereocenters. The normalized spacial score (nSPS) is 15.9. The Kier molecular flexibility index (Phi) is 4.15. The van der Waals surface area contributed by atoms with Crippen LogP contribution in [0.4, 0.5) is 11.4 Å². The summed E-state index contributed by atoms with van der Waals surface area (Å²) in [5.41, 5.74) is 7.37. The van der Waals surface area contributed by atoms with E-state index in [1.165, 1.54) is 38.7 Å². The van der Waals surface area contributed by atoms with Crippen molar-refractivity contribution in [1.29, 1.82) is 0 Å². The maximum atomic E-state index is 4.83. The van der Waals surface area contributed by atoms with Crippen LogP contribution in [0, 0.1) is 6.92 Å². The maximum Gasteiger partial charge on any atom is 0.0708 e. The molecule has 1 heterocycles. The minimum Gasteiger partial charge on any atom is -0.365 e. The summed E-state index contributed by atoms with van der Waals surface area (Å²) in [7, 11) is 2.17. The van der Waals surface area contributed by atoms with Gasteiger partial charge in [-0.1, -0.05) is 42.5 Å². The predicted molar refractivity (Wildman–Crippen MR) is 119 cm³/mol. The number of aryl methyl sites for hydroxylation is 1. The zero-order valence-corrected chi connectivity index (χ0v) is 16.7. The topological polar surface area (TPSA) is 15.6 Å². The summed E-state index contributed by atoms with van der Waals surface area (Å²) >= 11 is 0. The number of hydrogen-bond acceptors (Lipinski definition) is 2. The first-order valence-electron chi connectivity index (χ1n) is 9.47. The lowest BCUT2D eigenvalue weighted by Crippen LogP contribution is -2.42. The van der Waals surface area contributed by atoms with E-state index in [1.54, 1.807) is 0 Å². The van der Waals surface area contributed by atoms with Crippen LogP contribution < -0.4 is 4.90 Å². The summed E-state index contributed by atoms with van der Waals surface area (Å²) in [6.07, 6.45) is 4.35. The molecular weight excluding hydrogens is 328 g/mol. The highest BCUT2D eigenvalue weighted by Gasteiger charge is 2.28. The van der Waals surface area contributed by atoms with Crippen LogP contribution in [0.1, 0.15) is 37.5 Å². The Hall–Kier alpha value is -2.87. The van der Waals surface area contributed by atoms with Crippen LogP contribution in [0.2, 0.25) is 0 Å². The number of benzene rings is 3. The van der Waals surface area contributed by atoms with Crippen molar-refractivity contribution in [3.63, 3.8) is 0 Å². The lowest BCUT2D eigenvalue weighted by Gasteiger charge is -2.41. The predicted octanol–water partition coefficient (Wildman–Crippen LogP) is 6.53. The van der Waals surface area contributed by atoms with Crippen molar-refractivity contribution in [3.8, 4) is 0 Å². The van der Waals surface area contributed by atoms with E-state index in [2.05, 4.69) is 100 Å². The molecular formula is C25H26N2. The third kappa shape index (κ3) is 3.06. The number of rotatable bonds is 2. The van der Waals surface area contributed by atoms with Crippen molar-refractivity contribution in [2.45, 2.75) is 33.2 Å². The molecule has 2 nitrogen and oxygen atoms in total. The summed E-state index contributed by atoms with van der Waals surface area (Å²) in [5, 5.41) is 2.40. The fourth-order valence-electron chi connectivity index (χ4n) is 3.92. The van der Waals surface area contributed by atoms with Crippen molar-refractivity contribution in [3.05, 3.63) is 77.4 Å². The van der Waals surface area contributed by atoms with Gasteiger partial charge in [-0.15, -0.1) is 0 Å². The quantitative estimate of drug-likeness (QED) is 0.478. The number of nitrogens with zero attached hydrogens (tertiary/aromatic N) is 2. The molecule has 0 saturated carbocycles. The zero-order valence-electron chi connectivity index (χ0n) is 16.7. The molecule has 0 N–H and O–H groups in total. The molecule has 0 saturated heterocycles. The molecule has 0 fully saturated rings. The fourth-order valence-corrected chi connectivity index (χ4v) is 3.92. The van der Waals surface area contributed by atoms with Gasteiger partial charge in [0.25, 0.3) is 0 Å². The van der Waals surface area contributed by atoms with E-state index >= 15 is 0 Å². The number of fused-ring (bicyclic) bond motifs is 2. The van der Waals surface area contributed by atoms with E-state index in [0.29, 0.717) is 0 Å². The van der Waals surface area contributed by atoms with Crippen molar-refractivity contribution in [1.82, 2.24) is 0 Å². The molecule has 0 aliphatic carbocycles. The van der Waals surface area contributed by atoms with Crippen molar-refractivity contribution in [2.24, 2.45) is 4.99 Å². The van der Waals surface area contributed by atoms with Crippen molar-refractivity contribution in [2.75, 3.05) is 11.9 Å². The van der Waals surface area contributed by atoms with Crippen LogP contribution in [-0.2, 0) is 0 Å². The third-order valence-electron chi connectivity index (χ3n) is 5.71. The van der Waals surface area contributed by atoms with Gasteiger partial charge in [0, 0.05) is 29.9 Å². The molecule has 4 rings (SSSR count). The van der Waals surface area contributed by atoms with E-state index in [-0.39, 0.29) is 5.54 Å². The Bertz CT molecular complexity index is 1080. The molecule has 2 heteroatoms. The van der Waals surface area contributed by atoms with Crippen LogP contribution in [0.3, 0.4) is 0 Å². The van der Waals surface area contributed by atoms with Crippen molar-refractivity contribution < 1.29 is 0 Å². The molecule has 0 spiro atoms. The van der Waals surface area contributed by atoms with Gasteiger partial charge in [-0.25, -0.2) is 0 Å². The van der Waals surface area contributed by atoms with E-state index < -0.39 is 0 Å². The van der Waals surface area contributed by atoms with E-state index in [9.17, 15) is 0 Å². The molecule has 1 aliphatic heterocycles. The van der Waals surface area contributed by atoms with Crippen LogP contribution in [-0.4, -0.2) is 18.8 Å². The molecule has 3 aromatic carbocycles. The molecule has 0 radical (unpaired) electrons. The van der Waals surface area contributed by atoms with Crippen LogP contribution in [0.15, 0.2) is 65.7 Å². The molecule has 136 valence electrons. The van der Waals surface area contributed by atoms with Gasteiger partial charge >= 0.3 is 0 Å². The Labute approximate surface area is 161 Å². The van der Waals surface area contributed by atoms with Gasteiger partial charge < -0.3 is 4.90 Å². The highest BCUT2D eigenvalue weighted by atomic mass is 15.2. The lowest BCUT2D eigenvalue weighted by molar-refractivity contribution is 0.597. The smallest absolute Gasteiger partial charge is 0.0708 e. The number of anilines is 1. The summed E-state index contributed by atoms with van der Waals surface area (Å²) in [5.74, 6) is 0. The maximum absolute atomic E-state index is 4.83. The molecule has 0 amide bonds. The van der Waals surface area contributed by atoms with Gasteiger partial charge in [-0.2, -0.15) is 0 Å². The average molecular weight is 354 g/mol. The highest BCUT2D eigenvalue weighted by molar-refractivity contribution is 5.96. The third-order valence-corrected chi connectivity index (χ3v) is 5.71. The largest absolute Gasteiger partial charge is 0.365 e. The van der Waals surface area contributed by atoms with Gasteiger partial charge in [0.05, 0.1) is 11.2 Å². The van der Waals surface area contributed by atoms with Gasteiger partial charge in [-0.05, 0) is 68.0 Å². The van der Waals surface area contributed by atoms with Crippen LogP contribution in [0.5, 0.6) is 0 Å². The van der Waals surface area contributed by atoms with Gasteiger partial charge in [0.1, 0.15) is 0 Å².